The predicted molar refractivity (Wildman–Crippen MR) is 95.5 cm³/mol. The third kappa shape index (κ3) is 4.81. The first kappa shape index (κ1) is 18.5. The average Bonchev–Trinajstić information content (AvgIpc) is 2.64. The summed E-state index contributed by atoms with van der Waals surface area (Å²) in [7, 11) is 0. The average molecular weight is 331 g/mol. The van der Waals surface area contributed by atoms with Crippen molar-refractivity contribution in [2.24, 2.45) is 11.7 Å². The van der Waals surface area contributed by atoms with E-state index >= 15 is 0 Å². The summed E-state index contributed by atoms with van der Waals surface area (Å²) < 4.78 is 0. The summed E-state index contributed by atoms with van der Waals surface area (Å²) in [6, 6.07) is 9.96. The molecule has 5 heteroatoms. The molecule has 1 heterocycles. The Morgan fingerprint density at radius 2 is 2.08 bits per heavy atom. The van der Waals surface area contributed by atoms with E-state index in [1.165, 1.54) is 0 Å². The highest BCUT2D eigenvalue weighted by atomic mass is 16.2. The standard InChI is InChI=1S/C19H29N3O2/c1-2-7-17(15-8-4-3-5-9-15)19(24)22-13-6-10-16(14-22)18(23)21-12-11-20/h3-5,8-9,16-17H,2,6-7,10-14,20H2,1H3,(H,21,23). The van der Waals surface area contributed by atoms with E-state index in [4.69, 9.17) is 5.73 Å². The summed E-state index contributed by atoms with van der Waals surface area (Å²) in [6.07, 6.45) is 3.51. The van der Waals surface area contributed by atoms with Gasteiger partial charge in [-0.05, 0) is 24.8 Å². The molecule has 1 aromatic rings. The minimum Gasteiger partial charge on any atom is -0.355 e. The van der Waals surface area contributed by atoms with Gasteiger partial charge in [-0.1, -0.05) is 43.7 Å². The molecule has 1 aliphatic heterocycles. The molecule has 2 rings (SSSR count). The van der Waals surface area contributed by atoms with Gasteiger partial charge in [0.2, 0.25) is 11.8 Å². The van der Waals surface area contributed by atoms with Gasteiger partial charge in [-0.3, -0.25) is 9.59 Å². The number of nitrogens with two attached hydrogens (primary N) is 1. The molecular formula is C19H29N3O2. The van der Waals surface area contributed by atoms with Crippen LogP contribution in [0, 0.1) is 5.92 Å². The lowest BCUT2D eigenvalue weighted by Gasteiger charge is -2.34. The first-order valence-corrected chi connectivity index (χ1v) is 8.98. The van der Waals surface area contributed by atoms with Crippen molar-refractivity contribution in [1.82, 2.24) is 10.2 Å². The third-order valence-electron chi connectivity index (χ3n) is 4.62. The number of nitrogens with one attached hydrogen (secondary N) is 1. The second kappa shape index (κ2) is 9.42. The highest BCUT2D eigenvalue weighted by molar-refractivity contribution is 5.85. The van der Waals surface area contributed by atoms with Crippen LogP contribution in [0.15, 0.2) is 30.3 Å². The molecule has 0 saturated carbocycles. The molecule has 0 aliphatic carbocycles. The molecule has 1 saturated heterocycles. The normalized spacial score (nSPS) is 18.9. The van der Waals surface area contributed by atoms with Crippen molar-refractivity contribution in [3.8, 4) is 0 Å². The van der Waals surface area contributed by atoms with Crippen LogP contribution in [0.5, 0.6) is 0 Å². The van der Waals surface area contributed by atoms with E-state index in [9.17, 15) is 9.59 Å². The van der Waals surface area contributed by atoms with Crippen molar-refractivity contribution in [3.63, 3.8) is 0 Å². The fourth-order valence-corrected chi connectivity index (χ4v) is 3.36. The van der Waals surface area contributed by atoms with Gasteiger partial charge in [-0.2, -0.15) is 0 Å². The number of piperidine rings is 1. The van der Waals surface area contributed by atoms with Crippen LogP contribution in [0.3, 0.4) is 0 Å². The topological polar surface area (TPSA) is 75.4 Å². The number of amides is 2. The molecule has 0 radical (unpaired) electrons. The van der Waals surface area contributed by atoms with E-state index in [1.807, 2.05) is 35.2 Å². The molecule has 1 fully saturated rings. The minimum atomic E-state index is -0.118. The third-order valence-corrected chi connectivity index (χ3v) is 4.62. The number of nitrogens with zero attached hydrogens (tertiary/aromatic N) is 1. The van der Waals surface area contributed by atoms with Crippen molar-refractivity contribution in [2.75, 3.05) is 26.2 Å². The molecular weight excluding hydrogens is 302 g/mol. The Bertz CT molecular complexity index is 533. The predicted octanol–water partition coefficient (Wildman–Crippen LogP) is 1.88. The molecule has 1 aromatic carbocycles. The minimum absolute atomic E-state index is 0.0182. The van der Waals surface area contributed by atoms with Gasteiger partial charge >= 0.3 is 0 Å². The van der Waals surface area contributed by atoms with Gasteiger partial charge in [-0.15, -0.1) is 0 Å². The number of carbonyl (C=O) groups excluding carboxylic acids is 2. The SMILES string of the molecule is CCCC(C(=O)N1CCCC(C(=O)NCCN)C1)c1ccccc1. The van der Waals surface area contributed by atoms with Crippen molar-refractivity contribution < 1.29 is 9.59 Å². The smallest absolute Gasteiger partial charge is 0.230 e. The Morgan fingerprint density at radius 3 is 2.75 bits per heavy atom. The van der Waals surface area contributed by atoms with Gasteiger partial charge in [0.15, 0.2) is 0 Å². The summed E-state index contributed by atoms with van der Waals surface area (Å²) in [5.41, 5.74) is 6.51. The lowest BCUT2D eigenvalue weighted by Crippen LogP contribution is -2.47. The van der Waals surface area contributed by atoms with Gasteiger partial charge in [0.05, 0.1) is 11.8 Å². The molecule has 5 nitrogen and oxygen atoms in total. The van der Waals surface area contributed by atoms with E-state index in [0.29, 0.717) is 19.6 Å². The molecule has 1 aliphatic rings. The van der Waals surface area contributed by atoms with E-state index in [0.717, 1.165) is 37.8 Å². The summed E-state index contributed by atoms with van der Waals surface area (Å²) in [5.74, 6) is -0.0570. The van der Waals surface area contributed by atoms with Crippen LogP contribution in [0.4, 0.5) is 0 Å². The van der Waals surface area contributed by atoms with E-state index in [2.05, 4.69) is 12.2 Å². The molecule has 132 valence electrons. The largest absolute Gasteiger partial charge is 0.355 e. The summed E-state index contributed by atoms with van der Waals surface area (Å²) in [4.78, 5) is 27.1. The van der Waals surface area contributed by atoms with Crippen molar-refractivity contribution in [1.29, 1.82) is 0 Å². The first-order valence-electron chi connectivity index (χ1n) is 8.98. The Balaban J connectivity index is 2.05. The fourth-order valence-electron chi connectivity index (χ4n) is 3.36. The van der Waals surface area contributed by atoms with E-state index in [1.54, 1.807) is 0 Å². The summed E-state index contributed by atoms with van der Waals surface area (Å²) in [5, 5.41) is 2.85. The number of rotatable bonds is 7. The van der Waals surface area contributed by atoms with Gasteiger partial charge in [-0.25, -0.2) is 0 Å². The Morgan fingerprint density at radius 1 is 1.33 bits per heavy atom. The van der Waals surface area contributed by atoms with Crippen molar-refractivity contribution >= 4 is 11.8 Å². The number of likely N-dealkylation sites (tertiary alicyclic amines) is 1. The maximum atomic E-state index is 13.0. The molecule has 0 bridgehead atoms. The van der Waals surface area contributed by atoms with Crippen LogP contribution < -0.4 is 11.1 Å². The van der Waals surface area contributed by atoms with Crippen LogP contribution in [-0.4, -0.2) is 42.9 Å². The fraction of sp³-hybridized carbons (Fsp3) is 0.579. The lowest BCUT2D eigenvalue weighted by molar-refractivity contribution is -0.137. The molecule has 3 N–H and O–H groups in total. The number of hydrogen-bond acceptors (Lipinski definition) is 3. The van der Waals surface area contributed by atoms with Crippen molar-refractivity contribution in [3.05, 3.63) is 35.9 Å². The van der Waals surface area contributed by atoms with Gasteiger partial charge in [0, 0.05) is 26.2 Å². The quantitative estimate of drug-likeness (QED) is 0.801. The molecule has 0 spiro atoms. The maximum Gasteiger partial charge on any atom is 0.230 e. The van der Waals surface area contributed by atoms with Gasteiger partial charge < -0.3 is 16.0 Å². The number of benzene rings is 1. The Kier molecular flexibility index (Phi) is 7.25. The van der Waals surface area contributed by atoms with Gasteiger partial charge in [0.1, 0.15) is 0 Å². The second-order valence-corrected chi connectivity index (χ2v) is 6.46. The van der Waals surface area contributed by atoms with Crippen LogP contribution in [-0.2, 0) is 9.59 Å². The van der Waals surface area contributed by atoms with Crippen LogP contribution in [0.2, 0.25) is 0 Å². The zero-order valence-corrected chi connectivity index (χ0v) is 14.5. The van der Waals surface area contributed by atoms with Gasteiger partial charge in [0.25, 0.3) is 0 Å². The van der Waals surface area contributed by atoms with Crippen LogP contribution >= 0.6 is 0 Å². The molecule has 0 aromatic heterocycles. The number of carbonyl (C=O) groups is 2. The van der Waals surface area contributed by atoms with Crippen molar-refractivity contribution in [2.45, 2.75) is 38.5 Å². The molecule has 2 amide bonds. The first-order chi connectivity index (χ1) is 11.7. The molecule has 2 atom stereocenters. The monoisotopic (exact) mass is 331 g/mol. The second-order valence-electron chi connectivity index (χ2n) is 6.46. The Labute approximate surface area is 144 Å². The van der Waals surface area contributed by atoms with E-state index < -0.39 is 0 Å². The van der Waals surface area contributed by atoms with E-state index in [-0.39, 0.29) is 23.7 Å². The Hall–Kier alpha value is -1.88. The zero-order valence-electron chi connectivity index (χ0n) is 14.5. The van der Waals surface area contributed by atoms with Crippen LogP contribution in [0.1, 0.15) is 44.1 Å². The maximum absolute atomic E-state index is 13.0. The van der Waals surface area contributed by atoms with Crippen LogP contribution in [0.25, 0.3) is 0 Å². The number of hydrogen-bond donors (Lipinski definition) is 2. The highest BCUT2D eigenvalue weighted by Gasteiger charge is 2.31. The highest BCUT2D eigenvalue weighted by Crippen LogP contribution is 2.26. The molecule has 2 unspecified atom stereocenters. The summed E-state index contributed by atoms with van der Waals surface area (Å²) >= 11 is 0. The lowest BCUT2D eigenvalue weighted by atomic mass is 9.90. The zero-order chi connectivity index (χ0) is 17.4. The summed E-state index contributed by atoms with van der Waals surface area (Å²) in [6.45, 7) is 4.29. The molecule has 24 heavy (non-hydrogen) atoms.